The van der Waals surface area contributed by atoms with Crippen molar-refractivity contribution in [2.24, 2.45) is 4.99 Å². The quantitative estimate of drug-likeness (QED) is 0.784. The Balaban J connectivity index is 2.25. The standard InChI is InChI=1S/C17H22N2OS/c1-5-18-17-19(6-2)16(20)15(21-17)11-13-7-9-14(10-8-13)12(3)4/h7-12H,5-6H2,1-4H3/b15-11-,18-17?. The summed E-state index contributed by atoms with van der Waals surface area (Å²) in [6.45, 7) is 9.67. The molecule has 3 nitrogen and oxygen atoms in total. The van der Waals surface area contributed by atoms with Crippen LogP contribution in [0.3, 0.4) is 0 Å². The minimum absolute atomic E-state index is 0.0580. The van der Waals surface area contributed by atoms with E-state index in [4.69, 9.17) is 0 Å². The highest BCUT2D eigenvalue weighted by atomic mass is 32.2. The predicted molar refractivity (Wildman–Crippen MR) is 91.5 cm³/mol. The van der Waals surface area contributed by atoms with Gasteiger partial charge in [-0.25, -0.2) is 0 Å². The number of carbonyl (C=O) groups is 1. The molecular weight excluding hydrogens is 280 g/mol. The average molecular weight is 302 g/mol. The number of aliphatic imine (C=N–C) groups is 1. The van der Waals surface area contributed by atoms with Gasteiger partial charge in [-0.15, -0.1) is 0 Å². The SMILES string of the molecule is CCN=C1S/C(=C\c2ccc(C(C)C)cc2)C(=O)N1CC. The van der Waals surface area contributed by atoms with Gasteiger partial charge in [-0.3, -0.25) is 14.7 Å². The van der Waals surface area contributed by atoms with Gasteiger partial charge < -0.3 is 0 Å². The molecule has 1 aromatic rings. The topological polar surface area (TPSA) is 32.7 Å². The summed E-state index contributed by atoms with van der Waals surface area (Å²) in [6.07, 6.45) is 1.96. The van der Waals surface area contributed by atoms with Crippen molar-refractivity contribution in [3.63, 3.8) is 0 Å². The van der Waals surface area contributed by atoms with Crippen molar-refractivity contribution in [1.82, 2.24) is 4.90 Å². The number of likely N-dealkylation sites (N-methyl/N-ethyl adjacent to an activating group) is 1. The minimum Gasteiger partial charge on any atom is -0.287 e. The Labute approximate surface area is 131 Å². The number of amidine groups is 1. The van der Waals surface area contributed by atoms with Crippen molar-refractivity contribution in [1.29, 1.82) is 0 Å². The molecule has 1 saturated heterocycles. The van der Waals surface area contributed by atoms with Crippen molar-refractivity contribution in [2.45, 2.75) is 33.6 Å². The summed E-state index contributed by atoms with van der Waals surface area (Å²) < 4.78 is 0. The Bertz CT molecular complexity index is 573. The minimum atomic E-state index is 0.0580. The zero-order chi connectivity index (χ0) is 15.4. The van der Waals surface area contributed by atoms with E-state index in [1.165, 1.54) is 17.3 Å². The maximum Gasteiger partial charge on any atom is 0.266 e. The summed E-state index contributed by atoms with van der Waals surface area (Å²) in [5.74, 6) is 0.579. The fraction of sp³-hybridized carbons (Fsp3) is 0.412. The average Bonchev–Trinajstić information content (AvgIpc) is 2.75. The maximum atomic E-state index is 12.4. The third-order valence-corrected chi connectivity index (χ3v) is 4.44. The van der Waals surface area contributed by atoms with E-state index in [1.54, 1.807) is 4.90 Å². The van der Waals surface area contributed by atoms with E-state index in [0.717, 1.165) is 15.6 Å². The summed E-state index contributed by atoms with van der Waals surface area (Å²) in [6, 6.07) is 8.39. The fourth-order valence-corrected chi connectivity index (χ4v) is 3.27. The molecule has 4 heteroatoms. The smallest absolute Gasteiger partial charge is 0.266 e. The summed E-state index contributed by atoms with van der Waals surface area (Å²) in [5, 5.41) is 0.815. The molecule has 0 radical (unpaired) electrons. The van der Waals surface area contributed by atoms with Gasteiger partial charge in [0.1, 0.15) is 0 Å². The number of amides is 1. The molecule has 0 aromatic heterocycles. The molecule has 1 aliphatic heterocycles. The second-order valence-electron chi connectivity index (χ2n) is 5.24. The van der Waals surface area contributed by atoms with Crippen molar-refractivity contribution in [3.8, 4) is 0 Å². The Kier molecular flexibility index (Phi) is 5.23. The normalized spacial score (nSPS) is 19.3. The highest BCUT2D eigenvalue weighted by Gasteiger charge is 2.31. The van der Waals surface area contributed by atoms with Crippen molar-refractivity contribution in [3.05, 3.63) is 40.3 Å². The van der Waals surface area contributed by atoms with E-state index in [2.05, 4.69) is 43.1 Å². The molecule has 0 atom stereocenters. The van der Waals surface area contributed by atoms with Crippen LogP contribution in [0.1, 0.15) is 44.7 Å². The number of hydrogen-bond acceptors (Lipinski definition) is 3. The molecule has 1 fully saturated rings. The molecular formula is C17H22N2OS. The lowest BCUT2D eigenvalue weighted by Gasteiger charge is -2.11. The van der Waals surface area contributed by atoms with E-state index in [-0.39, 0.29) is 5.91 Å². The zero-order valence-corrected chi connectivity index (χ0v) is 13.9. The van der Waals surface area contributed by atoms with Crippen LogP contribution in [-0.2, 0) is 4.79 Å². The monoisotopic (exact) mass is 302 g/mol. The molecule has 0 aliphatic carbocycles. The van der Waals surface area contributed by atoms with Gasteiger partial charge in [0.15, 0.2) is 5.17 Å². The first-order valence-corrected chi connectivity index (χ1v) is 8.24. The van der Waals surface area contributed by atoms with Crippen molar-refractivity contribution >= 4 is 28.9 Å². The Morgan fingerprint density at radius 3 is 2.43 bits per heavy atom. The lowest BCUT2D eigenvalue weighted by Crippen LogP contribution is -2.28. The second-order valence-corrected chi connectivity index (χ2v) is 6.25. The molecule has 0 spiro atoms. The van der Waals surface area contributed by atoms with Crippen LogP contribution >= 0.6 is 11.8 Å². The number of hydrogen-bond donors (Lipinski definition) is 0. The number of rotatable bonds is 4. The van der Waals surface area contributed by atoms with Gasteiger partial charge in [0.2, 0.25) is 0 Å². The van der Waals surface area contributed by atoms with Gasteiger partial charge in [0, 0.05) is 13.1 Å². The summed E-state index contributed by atoms with van der Waals surface area (Å²) >= 11 is 1.47. The Hall–Kier alpha value is -1.55. The fourth-order valence-electron chi connectivity index (χ4n) is 2.17. The Morgan fingerprint density at radius 2 is 1.90 bits per heavy atom. The molecule has 21 heavy (non-hydrogen) atoms. The van der Waals surface area contributed by atoms with Gasteiger partial charge in [0.25, 0.3) is 5.91 Å². The molecule has 112 valence electrons. The molecule has 0 N–H and O–H groups in total. The number of thioether (sulfide) groups is 1. The van der Waals surface area contributed by atoms with Crippen LogP contribution < -0.4 is 0 Å². The van der Waals surface area contributed by atoms with Gasteiger partial charge in [0.05, 0.1) is 4.91 Å². The largest absolute Gasteiger partial charge is 0.287 e. The number of benzene rings is 1. The number of nitrogens with zero attached hydrogens (tertiary/aromatic N) is 2. The van der Waals surface area contributed by atoms with Crippen LogP contribution in [0.2, 0.25) is 0 Å². The lowest BCUT2D eigenvalue weighted by atomic mass is 10.0. The molecule has 1 aromatic carbocycles. The molecule has 1 heterocycles. The molecule has 1 aliphatic rings. The van der Waals surface area contributed by atoms with E-state index < -0.39 is 0 Å². The predicted octanol–water partition coefficient (Wildman–Crippen LogP) is 4.12. The van der Waals surface area contributed by atoms with Gasteiger partial charge >= 0.3 is 0 Å². The second kappa shape index (κ2) is 6.94. The van der Waals surface area contributed by atoms with E-state index in [9.17, 15) is 4.79 Å². The van der Waals surface area contributed by atoms with Crippen molar-refractivity contribution in [2.75, 3.05) is 13.1 Å². The lowest BCUT2D eigenvalue weighted by molar-refractivity contribution is -0.122. The third-order valence-electron chi connectivity index (χ3n) is 3.40. The first-order valence-electron chi connectivity index (χ1n) is 7.42. The first-order chi connectivity index (χ1) is 10.1. The van der Waals surface area contributed by atoms with Gasteiger partial charge in [-0.05, 0) is 48.7 Å². The first kappa shape index (κ1) is 15.8. The highest BCUT2D eigenvalue weighted by molar-refractivity contribution is 8.18. The third kappa shape index (κ3) is 3.56. The molecule has 1 amide bonds. The van der Waals surface area contributed by atoms with Crippen LogP contribution in [0.4, 0.5) is 0 Å². The van der Waals surface area contributed by atoms with Gasteiger partial charge in [-0.1, -0.05) is 38.1 Å². The maximum absolute atomic E-state index is 12.4. The van der Waals surface area contributed by atoms with Gasteiger partial charge in [-0.2, -0.15) is 0 Å². The highest BCUT2D eigenvalue weighted by Crippen LogP contribution is 2.32. The summed E-state index contributed by atoms with van der Waals surface area (Å²) in [4.78, 5) is 19.2. The Morgan fingerprint density at radius 1 is 1.24 bits per heavy atom. The van der Waals surface area contributed by atoms with Crippen LogP contribution in [0, 0.1) is 0 Å². The van der Waals surface area contributed by atoms with E-state index in [0.29, 0.717) is 19.0 Å². The van der Waals surface area contributed by atoms with E-state index in [1.807, 2.05) is 19.9 Å². The summed E-state index contributed by atoms with van der Waals surface area (Å²) in [7, 11) is 0. The molecule has 2 rings (SSSR count). The molecule has 0 saturated carbocycles. The molecule has 0 bridgehead atoms. The van der Waals surface area contributed by atoms with E-state index >= 15 is 0 Å². The number of carbonyl (C=O) groups excluding carboxylic acids is 1. The van der Waals surface area contributed by atoms with Crippen LogP contribution in [0.25, 0.3) is 6.08 Å². The van der Waals surface area contributed by atoms with Crippen LogP contribution in [0.15, 0.2) is 34.2 Å². The molecule has 0 unspecified atom stereocenters. The van der Waals surface area contributed by atoms with Crippen LogP contribution in [0.5, 0.6) is 0 Å². The summed E-state index contributed by atoms with van der Waals surface area (Å²) in [5.41, 5.74) is 2.37. The van der Waals surface area contributed by atoms with Crippen molar-refractivity contribution < 1.29 is 4.79 Å². The van der Waals surface area contributed by atoms with Crippen LogP contribution in [-0.4, -0.2) is 29.1 Å². The zero-order valence-electron chi connectivity index (χ0n) is 13.1.